The quantitative estimate of drug-likeness (QED) is 0.856. The smallest absolute Gasteiger partial charge is 0.243 e. The van der Waals surface area contributed by atoms with Crippen LogP contribution in [0.1, 0.15) is 24.8 Å². The molecule has 130 valence electrons. The average Bonchev–Trinajstić information content (AvgIpc) is 2.56. The Labute approximate surface area is 141 Å². The molecule has 1 amide bonds. The van der Waals surface area contributed by atoms with E-state index in [0.29, 0.717) is 26.1 Å². The summed E-state index contributed by atoms with van der Waals surface area (Å²) in [6.45, 7) is 1.78. The Morgan fingerprint density at radius 2 is 2.17 bits per heavy atom. The van der Waals surface area contributed by atoms with Gasteiger partial charge in [-0.15, -0.1) is 0 Å². The molecule has 6 heteroatoms. The van der Waals surface area contributed by atoms with Crippen LogP contribution in [-0.4, -0.2) is 52.7 Å². The Kier molecular flexibility index (Phi) is 5.48. The molecule has 3 rings (SSSR count). The van der Waals surface area contributed by atoms with Crippen molar-refractivity contribution in [2.45, 2.75) is 37.8 Å². The van der Waals surface area contributed by atoms with Gasteiger partial charge in [-0.3, -0.25) is 9.69 Å². The van der Waals surface area contributed by atoms with Crippen LogP contribution in [0.4, 0.5) is 4.39 Å². The normalized spacial score (nSPS) is 24.9. The summed E-state index contributed by atoms with van der Waals surface area (Å²) in [5.74, 6) is -0.187. The summed E-state index contributed by atoms with van der Waals surface area (Å²) in [6, 6.07) is 7.04. The standard InChI is InChI=1S/C18H24FN3O2/c19-17-4-2-1-3-14(17)5-6-15-11-16(23)7-9-22(15)13-21-10-8-20-18(24)12-21/h1-4,8,10,15-16,23H,5-7,9,11-13H2,(H,20,24). The molecular formula is C18H24FN3O2. The lowest BCUT2D eigenvalue weighted by Crippen LogP contribution is -2.50. The van der Waals surface area contributed by atoms with Gasteiger partial charge in [-0.05, 0) is 37.3 Å². The Balaban J connectivity index is 1.61. The summed E-state index contributed by atoms with van der Waals surface area (Å²) in [5, 5.41) is 12.7. The van der Waals surface area contributed by atoms with Crippen LogP contribution in [0.2, 0.25) is 0 Å². The molecule has 2 heterocycles. The third kappa shape index (κ3) is 4.33. The third-order valence-electron chi connectivity index (χ3n) is 4.75. The van der Waals surface area contributed by atoms with Gasteiger partial charge in [-0.25, -0.2) is 4.39 Å². The van der Waals surface area contributed by atoms with E-state index in [0.717, 1.165) is 24.9 Å². The van der Waals surface area contributed by atoms with Gasteiger partial charge in [0, 0.05) is 25.0 Å². The first kappa shape index (κ1) is 16.9. The first-order valence-corrected chi connectivity index (χ1v) is 8.47. The SMILES string of the molecule is O=C1CN(CN2CCC(O)CC2CCc2ccccc2F)C=CN1. The number of halogens is 1. The van der Waals surface area contributed by atoms with Gasteiger partial charge in [0.05, 0.1) is 19.3 Å². The highest BCUT2D eigenvalue weighted by Crippen LogP contribution is 2.23. The zero-order valence-corrected chi connectivity index (χ0v) is 13.7. The van der Waals surface area contributed by atoms with Crippen molar-refractivity contribution in [2.24, 2.45) is 0 Å². The summed E-state index contributed by atoms with van der Waals surface area (Å²) in [4.78, 5) is 15.7. The van der Waals surface area contributed by atoms with E-state index in [1.165, 1.54) is 6.07 Å². The maximum absolute atomic E-state index is 13.8. The van der Waals surface area contributed by atoms with Gasteiger partial charge >= 0.3 is 0 Å². The van der Waals surface area contributed by atoms with E-state index in [9.17, 15) is 14.3 Å². The second kappa shape index (κ2) is 7.77. The molecular weight excluding hydrogens is 309 g/mol. The van der Waals surface area contributed by atoms with Crippen LogP contribution in [0.25, 0.3) is 0 Å². The number of hydrogen-bond acceptors (Lipinski definition) is 4. The van der Waals surface area contributed by atoms with Crippen molar-refractivity contribution < 1.29 is 14.3 Å². The zero-order valence-electron chi connectivity index (χ0n) is 13.7. The van der Waals surface area contributed by atoms with Crippen LogP contribution < -0.4 is 5.32 Å². The predicted octanol–water partition coefficient (Wildman–Crippen LogP) is 1.44. The van der Waals surface area contributed by atoms with E-state index in [-0.39, 0.29) is 23.9 Å². The average molecular weight is 333 g/mol. The lowest BCUT2D eigenvalue weighted by atomic mass is 9.94. The highest BCUT2D eigenvalue weighted by atomic mass is 19.1. The number of rotatable bonds is 5. The Morgan fingerprint density at radius 3 is 2.96 bits per heavy atom. The number of carbonyl (C=O) groups excluding carboxylic acids is 1. The number of carbonyl (C=O) groups is 1. The molecule has 0 aliphatic carbocycles. The number of piperidine rings is 1. The lowest BCUT2D eigenvalue weighted by molar-refractivity contribution is -0.122. The molecule has 1 fully saturated rings. The van der Waals surface area contributed by atoms with Crippen molar-refractivity contribution in [3.63, 3.8) is 0 Å². The molecule has 5 nitrogen and oxygen atoms in total. The van der Waals surface area contributed by atoms with E-state index in [1.807, 2.05) is 23.2 Å². The summed E-state index contributed by atoms with van der Waals surface area (Å²) in [7, 11) is 0. The number of hydrogen-bond donors (Lipinski definition) is 2. The third-order valence-corrected chi connectivity index (χ3v) is 4.75. The van der Waals surface area contributed by atoms with E-state index in [2.05, 4.69) is 10.2 Å². The number of aryl methyl sites for hydroxylation is 1. The van der Waals surface area contributed by atoms with E-state index < -0.39 is 0 Å². The van der Waals surface area contributed by atoms with Crippen molar-refractivity contribution in [1.82, 2.24) is 15.1 Å². The van der Waals surface area contributed by atoms with Crippen LogP contribution in [0.3, 0.4) is 0 Å². The first-order chi connectivity index (χ1) is 11.6. The molecule has 2 unspecified atom stereocenters. The van der Waals surface area contributed by atoms with Crippen LogP contribution >= 0.6 is 0 Å². The number of likely N-dealkylation sites (tertiary alicyclic amines) is 1. The number of aliphatic hydroxyl groups is 1. The lowest BCUT2D eigenvalue weighted by Gasteiger charge is -2.41. The van der Waals surface area contributed by atoms with Gasteiger partial charge in [0.15, 0.2) is 0 Å². The molecule has 24 heavy (non-hydrogen) atoms. The molecule has 0 radical (unpaired) electrons. The fraction of sp³-hybridized carbons (Fsp3) is 0.500. The maximum atomic E-state index is 13.8. The maximum Gasteiger partial charge on any atom is 0.243 e. The van der Waals surface area contributed by atoms with E-state index >= 15 is 0 Å². The first-order valence-electron chi connectivity index (χ1n) is 8.47. The molecule has 0 bridgehead atoms. The van der Waals surface area contributed by atoms with Crippen LogP contribution in [-0.2, 0) is 11.2 Å². The molecule has 0 aromatic heterocycles. The fourth-order valence-electron chi connectivity index (χ4n) is 3.44. The number of aliphatic hydroxyl groups excluding tert-OH is 1. The zero-order chi connectivity index (χ0) is 16.9. The molecule has 1 aromatic carbocycles. The van der Waals surface area contributed by atoms with Crippen molar-refractivity contribution in [2.75, 3.05) is 19.8 Å². The minimum Gasteiger partial charge on any atom is -0.393 e. The molecule has 2 aliphatic heterocycles. The Hall–Kier alpha value is -1.92. The minimum absolute atomic E-state index is 0.0162. The van der Waals surface area contributed by atoms with Gasteiger partial charge in [0.2, 0.25) is 5.91 Å². The Morgan fingerprint density at radius 1 is 1.33 bits per heavy atom. The topological polar surface area (TPSA) is 55.8 Å². The fourth-order valence-corrected chi connectivity index (χ4v) is 3.44. The van der Waals surface area contributed by atoms with Crippen molar-refractivity contribution >= 4 is 5.91 Å². The monoisotopic (exact) mass is 333 g/mol. The molecule has 1 saturated heterocycles. The van der Waals surface area contributed by atoms with Gasteiger partial charge in [-0.1, -0.05) is 18.2 Å². The van der Waals surface area contributed by atoms with Crippen LogP contribution in [0, 0.1) is 5.82 Å². The van der Waals surface area contributed by atoms with Gasteiger partial charge in [-0.2, -0.15) is 0 Å². The molecule has 2 N–H and O–H groups in total. The largest absolute Gasteiger partial charge is 0.393 e. The number of nitrogens with zero attached hydrogens (tertiary/aromatic N) is 2. The van der Waals surface area contributed by atoms with Crippen molar-refractivity contribution in [1.29, 1.82) is 0 Å². The van der Waals surface area contributed by atoms with Crippen LogP contribution in [0.15, 0.2) is 36.7 Å². The second-order valence-corrected chi connectivity index (χ2v) is 6.55. The molecule has 1 aromatic rings. The molecule has 0 spiro atoms. The van der Waals surface area contributed by atoms with Gasteiger partial charge in [0.1, 0.15) is 5.82 Å². The minimum atomic E-state index is -0.299. The van der Waals surface area contributed by atoms with Crippen LogP contribution in [0.5, 0.6) is 0 Å². The highest BCUT2D eigenvalue weighted by molar-refractivity contribution is 5.79. The molecule has 2 atom stereocenters. The number of amides is 1. The molecule has 0 saturated carbocycles. The van der Waals surface area contributed by atoms with Gasteiger partial charge < -0.3 is 15.3 Å². The molecule has 2 aliphatic rings. The summed E-state index contributed by atoms with van der Waals surface area (Å²) >= 11 is 0. The predicted molar refractivity (Wildman–Crippen MR) is 89.3 cm³/mol. The Bertz CT molecular complexity index is 608. The van der Waals surface area contributed by atoms with E-state index in [4.69, 9.17) is 0 Å². The highest BCUT2D eigenvalue weighted by Gasteiger charge is 2.28. The summed E-state index contributed by atoms with van der Waals surface area (Å²) < 4.78 is 13.8. The number of nitrogens with one attached hydrogen (secondary N) is 1. The van der Waals surface area contributed by atoms with Gasteiger partial charge in [0.25, 0.3) is 0 Å². The summed E-state index contributed by atoms with van der Waals surface area (Å²) in [5.41, 5.74) is 0.717. The van der Waals surface area contributed by atoms with Crippen molar-refractivity contribution in [3.8, 4) is 0 Å². The second-order valence-electron chi connectivity index (χ2n) is 6.55. The number of benzene rings is 1. The van der Waals surface area contributed by atoms with Crippen molar-refractivity contribution in [3.05, 3.63) is 48.0 Å². The van der Waals surface area contributed by atoms with E-state index in [1.54, 1.807) is 12.3 Å². The summed E-state index contributed by atoms with van der Waals surface area (Å²) in [6.07, 6.45) is 6.10.